The summed E-state index contributed by atoms with van der Waals surface area (Å²) < 4.78 is 1.11. The van der Waals surface area contributed by atoms with Crippen LogP contribution in [0, 0.1) is 0 Å². The summed E-state index contributed by atoms with van der Waals surface area (Å²) in [4.78, 5) is 10.2. The van der Waals surface area contributed by atoms with Gasteiger partial charge in [0.2, 0.25) is 0 Å². The van der Waals surface area contributed by atoms with Crippen molar-refractivity contribution in [2.45, 2.75) is 129 Å². The minimum Gasteiger partial charge on any atom is -0.550 e. The molecule has 0 amide bonds. The Bertz CT molecular complexity index is 372. The van der Waals surface area contributed by atoms with Crippen LogP contribution in [0.1, 0.15) is 129 Å². The molecule has 0 atom stereocenters. The van der Waals surface area contributed by atoms with Crippen LogP contribution in [-0.2, 0) is 4.79 Å². The van der Waals surface area contributed by atoms with E-state index in [1.54, 1.807) is 0 Å². The third kappa shape index (κ3) is 34.7. The predicted molar refractivity (Wildman–Crippen MR) is 132 cm³/mol. The Morgan fingerprint density at radius 3 is 1.47 bits per heavy atom. The van der Waals surface area contributed by atoms with Gasteiger partial charge in [-0.1, -0.05) is 90.2 Å². The molecule has 0 fully saturated rings. The van der Waals surface area contributed by atoms with Crippen molar-refractivity contribution in [2.75, 3.05) is 27.7 Å². The van der Waals surface area contributed by atoms with Crippen LogP contribution in [0.15, 0.2) is 12.2 Å². The molecule has 0 aliphatic carbocycles. The molecular weight excluding hydrogens is 370 g/mol. The molecule has 30 heavy (non-hydrogen) atoms. The number of carboxylic acid groups (broad SMARTS) is 1. The fourth-order valence-corrected chi connectivity index (χ4v) is 3.35. The predicted octanol–water partition coefficient (Wildman–Crippen LogP) is 7.05. The molecule has 0 aliphatic rings. The highest BCUT2D eigenvalue weighted by atomic mass is 16.4. The molecular formula is C27H55NO2. The summed E-state index contributed by atoms with van der Waals surface area (Å²) in [6.45, 7) is 5.83. The zero-order valence-corrected chi connectivity index (χ0v) is 21.4. The number of quaternary nitrogens is 1. The molecule has 0 rings (SSSR count). The van der Waals surface area contributed by atoms with E-state index in [0.717, 1.165) is 23.7 Å². The first-order valence-electron chi connectivity index (χ1n) is 13.0. The van der Waals surface area contributed by atoms with E-state index in [4.69, 9.17) is 0 Å². The van der Waals surface area contributed by atoms with E-state index in [9.17, 15) is 9.90 Å². The number of carbonyl (C=O) groups is 1. The van der Waals surface area contributed by atoms with Crippen molar-refractivity contribution < 1.29 is 14.4 Å². The maximum Gasteiger partial charge on any atom is 0.0780 e. The number of rotatable bonds is 20. The monoisotopic (exact) mass is 425 g/mol. The highest BCUT2D eigenvalue weighted by molar-refractivity contribution is 5.63. The van der Waals surface area contributed by atoms with Crippen molar-refractivity contribution in [3.63, 3.8) is 0 Å². The molecule has 0 spiro atoms. The first-order valence-corrected chi connectivity index (χ1v) is 13.0. The van der Waals surface area contributed by atoms with E-state index in [-0.39, 0.29) is 6.42 Å². The zero-order valence-electron chi connectivity index (χ0n) is 21.4. The highest BCUT2D eigenvalue weighted by Gasteiger charge is 2.04. The van der Waals surface area contributed by atoms with Gasteiger partial charge in [0.05, 0.1) is 27.7 Å². The standard InChI is InChI=1S/C18H34O2.C9H22N/c1-2-3-4-5-6-7-8-9-10-11-12-13-14-15-16-17-18(19)20;1-5-6-7-8-9-10(2,3)4/h9-10H,2-8,11-17H2,1H3,(H,19,20);5-9H2,1-4H3/q;+1/p-1/b10-9-;. The average Bonchev–Trinajstić information content (AvgIpc) is 2.68. The molecule has 0 bridgehead atoms. The van der Waals surface area contributed by atoms with Crippen LogP contribution >= 0.6 is 0 Å². The van der Waals surface area contributed by atoms with Gasteiger partial charge in [0.1, 0.15) is 0 Å². The summed E-state index contributed by atoms with van der Waals surface area (Å²) in [5.41, 5.74) is 0. The lowest BCUT2D eigenvalue weighted by Crippen LogP contribution is -2.35. The second kappa shape index (κ2) is 24.4. The SMILES string of the molecule is CCCCCCCC/C=C\CCCCCCCC(=O)[O-].CCCCCC[N+](C)(C)C. The molecule has 0 radical (unpaired) electrons. The van der Waals surface area contributed by atoms with Gasteiger partial charge in [0.25, 0.3) is 0 Å². The third-order valence-corrected chi connectivity index (χ3v) is 5.33. The summed E-state index contributed by atoms with van der Waals surface area (Å²) in [5, 5.41) is 10.2. The Balaban J connectivity index is 0. The molecule has 3 nitrogen and oxygen atoms in total. The summed E-state index contributed by atoms with van der Waals surface area (Å²) in [6.07, 6.45) is 26.4. The fourth-order valence-electron chi connectivity index (χ4n) is 3.35. The number of carbonyl (C=O) groups excluding carboxylic acids is 1. The lowest BCUT2D eigenvalue weighted by molar-refractivity contribution is -0.870. The van der Waals surface area contributed by atoms with Crippen molar-refractivity contribution >= 4 is 5.97 Å². The normalized spacial score (nSPS) is 11.5. The maximum atomic E-state index is 10.2. The Morgan fingerprint density at radius 1 is 0.633 bits per heavy atom. The van der Waals surface area contributed by atoms with Gasteiger partial charge in [-0.2, -0.15) is 0 Å². The van der Waals surface area contributed by atoms with Gasteiger partial charge in [0, 0.05) is 5.97 Å². The van der Waals surface area contributed by atoms with E-state index in [1.807, 2.05) is 0 Å². The van der Waals surface area contributed by atoms with Crippen LogP contribution in [0.5, 0.6) is 0 Å². The van der Waals surface area contributed by atoms with Crippen molar-refractivity contribution in [3.8, 4) is 0 Å². The number of hydrogen-bond donors (Lipinski definition) is 0. The number of aliphatic carboxylic acids is 1. The molecule has 0 saturated carbocycles. The molecule has 0 saturated heterocycles. The average molecular weight is 426 g/mol. The van der Waals surface area contributed by atoms with E-state index < -0.39 is 5.97 Å². The number of unbranched alkanes of at least 4 members (excludes halogenated alkanes) is 14. The molecule has 0 heterocycles. The van der Waals surface area contributed by atoms with Crippen LogP contribution in [0.2, 0.25) is 0 Å². The maximum absolute atomic E-state index is 10.2. The molecule has 0 unspecified atom stereocenters. The Kier molecular flexibility index (Phi) is 25.5. The Morgan fingerprint density at radius 2 is 1.03 bits per heavy atom. The Labute approximate surface area is 189 Å². The second-order valence-electron chi connectivity index (χ2n) is 9.78. The van der Waals surface area contributed by atoms with Gasteiger partial charge < -0.3 is 14.4 Å². The number of nitrogens with zero attached hydrogens (tertiary/aromatic N) is 1. The molecule has 0 aromatic carbocycles. The molecule has 180 valence electrons. The van der Waals surface area contributed by atoms with Crippen LogP contribution in [0.4, 0.5) is 0 Å². The first kappa shape index (κ1) is 31.4. The minimum atomic E-state index is -0.914. The zero-order chi connectivity index (χ0) is 22.9. The summed E-state index contributed by atoms with van der Waals surface area (Å²) in [7, 11) is 6.77. The number of hydrogen-bond acceptors (Lipinski definition) is 2. The second-order valence-corrected chi connectivity index (χ2v) is 9.78. The van der Waals surface area contributed by atoms with Gasteiger partial charge in [-0.15, -0.1) is 0 Å². The smallest absolute Gasteiger partial charge is 0.0780 e. The molecule has 0 N–H and O–H groups in total. The van der Waals surface area contributed by atoms with Crippen molar-refractivity contribution in [3.05, 3.63) is 12.2 Å². The molecule has 0 aromatic heterocycles. The van der Waals surface area contributed by atoms with Crippen LogP contribution < -0.4 is 5.11 Å². The van der Waals surface area contributed by atoms with Gasteiger partial charge in [-0.25, -0.2) is 0 Å². The van der Waals surface area contributed by atoms with Gasteiger partial charge in [-0.3, -0.25) is 0 Å². The Hall–Kier alpha value is -0.830. The van der Waals surface area contributed by atoms with E-state index in [2.05, 4.69) is 47.1 Å². The van der Waals surface area contributed by atoms with Crippen molar-refractivity contribution in [1.82, 2.24) is 0 Å². The van der Waals surface area contributed by atoms with E-state index >= 15 is 0 Å². The fraction of sp³-hybridized carbons (Fsp3) is 0.889. The quantitative estimate of drug-likeness (QED) is 0.119. The van der Waals surface area contributed by atoms with Gasteiger partial charge >= 0.3 is 0 Å². The lowest BCUT2D eigenvalue weighted by Gasteiger charge is -2.23. The summed E-state index contributed by atoms with van der Waals surface area (Å²) in [6, 6.07) is 0. The van der Waals surface area contributed by atoms with Gasteiger partial charge in [-0.05, 0) is 51.4 Å². The lowest BCUT2D eigenvalue weighted by atomic mass is 10.1. The van der Waals surface area contributed by atoms with Crippen LogP contribution in [0.3, 0.4) is 0 Å². The number of carboxylic acids is 1. The van der Waals surface area contributed by atoms with Gasteiger partial charge in [0.15, 0.2) is 0 Å². The topological polar surface area (TPSA) is 40.1 Å². The summed E-state index contributed by atoms with van der Waals surface area (Å²) >= 11 is 0. The molecule has 0 aliphatic heterocycles. The van der Waals surface area contributed by atoms with Crippen molar-refractivity contribution in [2.24, 2.45) is 0 Å². The largest absolute Gasteiger partial charge is 0.550 e. The van der Waals surface area contributed by atoms with Crippen molar-refractivity contribution in [1.29, 1.82) is 0 Å². The third-order valence-electron chi connectivity index (χ3n) is 5.33. The highest BCUT2D eigenvalue weighted by Crippen LogP contribution is 2.09. The van der Waals surface area contributed by atoms with E-state index in [0.29, 0.717) is 0 Å². The van der Waals surface area contributed by atoms with Crippen LogP contribution in [0.25, 0.3) is 0 Å². The summed E-state index contributed by atoms with van der Waals surface area (Å²) in [5.74, 6) is -0.914. The van der Waals surface area contributed by atoms with Crippen LogP contribution in [-0.4, -0.2) is 38.1 Å². The minimum absolute atomic E-state index is 0.220. The van der Waals surface area contributed by atoms with E-state index in [1.165, 1.54) is 96.4 Å². The molecule has 0 aromatic rings. The first-order chi connectivity index (χ1) is 14.3. The molecule has 3 heteroatoms. The number of allylic oxidation sites excluding steroid dienone is 2.